The van der Waals surface area contributed by atoms with Crippen LogP contribution in [0.4, 0.5) is 0 Å². The van der Waals surface area contributed by atoms with Gasteiger partial charge in [-0.1, -0.05) is 13.0 Å². The van der Waals surface area contributed by atoms with Gasteiger partial charge in [0.25, 0.3) is 10.0 Å². The zero-order chi connectivity index (χ0) is 20.1. The fourth-order valence-corrected chi connectivity index (χ4v) is 3.27. The summed E-state index contributed by atoms with van der Waals surface area (Å²) in [6, 6.07) is 9.24. The number of hydrogen-bond acceptors (Lipinski definition) is 7. The second-order valence-corrected chi connectivity index (χ2v) is 7.41. The highest BCUT2D eigenvalue weighted by Gasteiger charge is 2.15. The summed E-state index contributed by atoms with van der Waals surface area (Å²) in [6.45, 7) is 2.45. The third kappa shape index (κ3) is 4.17. The van der Waals surface area contributed by atoms with Gasteiger partial charge in [0.1, 0.15) is 0 Å². The number of benzene rings is 2. The maximum atomic E-state index is 12.4. The first-order valence-electron chi connectivity index (χ1n) is 8.42. The molecule has 0 saturated heterocycles. The summed E-state index contributed by atoms with van der Waals surface area (Å²) in [5.74, 6) is 0.340. The van der Waals surface area contributed by atoms with Crippen LogP contribution >= 0.6 is 0 Å². The van der Waals surface area contributed by atoms with E-state index in [0.29, 0.717) is 29.2 Å². The van der Waals surface area contributed by atoms with Crippen molar-refractivity contribution in [3.8, 4) is 11.5 Å². The zero-order valence-corrected chi connectivity index (χ0v) is 16.1. The van der Waals surface area contributed by atoms with E-state index in [-0.39, 0.29) is 10.5 Å². The van der Waals surface area contributed by atoms with Crippen molar-refractivity contribution >= 4 is 27.3 Å². The van der Waals surface area contributed by atoms with Gasteiger partial charge in [0, 0.05) is 11.6 Å². The van der Waals surface area contributed by atoms with Crippen molar-refractivity contribution in [2.75, 3.05) is 13.7 Å². The van der Waals surface area contributed by atoms with Crippen LogP contribution in [-0.2, 0) is 10.0 Å². The number of oxazole rings is 1. The molecule has 0 spiro atoms. The second kappa shape index (κ2) is 8.17. The maximum absolute atomic E-state index is 12.4. The van der Waals surface area contributed by atoms with Crippen LogP contribution in [0.15, 0.2) is 55.6 Å². The molecule has 0 aliphatic carbocycles. The molecule has 0 aliphatic heterocycles. The molecule has 0 atom stereocenters. The molecule has 10 heteroatoms. The number of ether oxygens (including phenoxy) is 2. The van der Waals surface area contributed by atoms with Crippen molar-refractivity contribution in [1.29, 1.82) is 0 Å². The fraction of sp³-hybridized carbons (Fsp3) is 0.222. The first kappa shape index (κ1) is 19.5. The van der Waals surface area contributed by atoms with Crippen LogP contribution < -0.4 is 20.1 Å². The van der Waals surface area contributed by atoms with E-state index in [2.05, 4.69) is 14.9 Å². The third-order valence-electron chi connectivity index (χ3n) is 3.76. The lowest BCUT2D eigenvalue weighted by Gasteiger charge is -2.12. The van der Waals surface area contributed by atoms with Crippen molar-refractivity contribution in [1.82, 2.24) is 9.82 Å². The van der Waals surface area contributed by atoms with Gasteiger partial charge in [0.05, 0.1) is 30.3 Å². The molecule has 0 amide bonds. The SMILES string of the molecule is CCCOc1c(/C=N/NS(=O)(=O)c2ccc3[nH]c(=O)oc3c2)cccc1OC. The number of fused-ring (bicyclic) bond motifs is 1. The van der Waals surface area contributed by atoms with Crippen LogP contribution in [0.2, 0.25) is 0 Å². The Morgan fingerprint density at radius 3 is 2.86 bits per heavy atom. The molecule has 9 nitrogen and oxygen atoms in total. The number of rotatable bonds is 8. The molecule has 3 aromatic rings. The summed E-state index contributed by atoms with van der Waals surface area (Å²) < 4.78 is 40.7. The van der Waals surface area contributed by atoms with Crippen molar-refractivity contribution < 1.29 is 22.3 Å². The highest BCUT2D eigenvalue weighted by Crippen LogP contribution is 2.30. The van der Waals surface area contributed by atoms with Gasteiger partial charge in [0.15, 0.2) is 17.1 Å². The van der Waals surface area contributed by atoms with Gasteiger partial charge in [-0.25, -0.2) is 9.63 Å². The number of H-pyrrole nitrogens is 1. The Kier molecular flexibility index (Phi) is 5.69. The minimum absolute atomic E-state index is 0.0898. The molecule has 0 radical (unpaired) electrons. The number of para-hydroxylation sites is 1. The van der Waals surface area contributed by atoms with Crippen LogP contribution in [0, 0.1) is 0 Å². The van der Waals surface area contributed by atoms with Gasteiger partial charge in [-0.3, -0.25) is 4.98 Å². The van der Waals surface area contributed by atoms with E-state index in [0.717, 1.165) is 6.42 Å². The van der Waals surface area contributed by atoms with E-state index in [1.54, 1.807) is 18.2 Å². The molecular weight excluding hydrogens is 386 g/mol. The van der Waals surface area contributed by atoms with E-state index in [9.17, 15) is 13.2 Å². The Hall–Kier alpha value is -3.27. The molecule has 2 aromatic carbocycles. The van der Waals surface area contributed by atoms with Crippen molar-refractivity contribution in [3.05, 3.63) is 52.5 Å². The Morgan fingerprint density at radius 1 is 1.29 bits per heavy atom. The van der Waals surface area contributed by atoms with E-state index < -0.39 is 15.8 Å². The van der Waals surface area contributed by atoms with Gasteiger partial charge in [-0.2, -0.15) is 13.5 Å². The molecule has 0 bridgehead atoms. The van der Waals surface area contributed by atoms with Gasteiger partial charge in [0.2, 0.25) is 0 Å². The molecule has 0 fully saturated rings. The second-order valence-electron chi connectivity index (χ2n) is 5.75. The normalized spacial score (nSPS) is 11.8. The van der Waals surface area contributed by atoms with Crippen LogP contribution in [0.1, 0.15) is 18.9 Å². The monoisotopic (exact) mass is 405 g/mol. The maximum Gasteiger partial charge on any atom is 0.417 e. The van der Waals surface area contributed by atoms with E-state index >= 15 is 0 Å². The van der Waals surface area contributed by atoms with Crippen molar-refractivity contribution in [2.45, 2.75) is 18.2 Å². The third-order valence-corrected chi connectivity index (χ3v) is 4.98. The smallest absolute Gasteiger partial charge is 0.417 e. The van der Waals surface area contributed by atoms with E-state index in [1.807, 2.05) is 6.92 Å². The highest BCUT2D eigenvalue weighted by molar-refractivity contribution is 7.89. The summed E-state index contributed by atoms with van der Waals surface area (Å²) in [5, 5.41) is 3.82. The topological polar surface area (TPSA) is 123 Å². The molecule has 1 aromatic heterocycles. The van der Waals surface area contributed by atoms with Gasteiger partial charge in [-0.15, -0.1) is 0 Å². The van der Waals surface area contributed by atoms with Gasteiger partial charge >= 0.3 is 5.76 Å². The summed E-state index contributed by atoms with van der Waals surface area (Å²) in [6.07, 6.45) is 2.14. The molecule has 0 aliphatic rings. The van der Waals surface area contributed by atoms with Crippen molar-refractivity contribution in [3.63, 3.8) is 0 Å². The number of aromatic nitrogens is 1. The Labute approximate surface area is 161 Å². The number of nitrogens with zero attached hydrogens (tertiary/aromatic N) is 1. The minimum Gasteiger partial charge on any atom is -0.493 e. The summed E-state index contributed by atoms with van der Waals surface area (Å²) >= 11 is 0. The Bertz CT molecular complexity index is 1160. The first-order chi connectivity index (χ1) is 13.4. The zero-order valence-electron chi connectivity index (χ0n) is 15.3. The number of hydrogen-bond donors (Lipinski definition) is 2. The molecule has 148 valence electrons. The van der Waals surface area contributed by atoms with Crippen molar-refractivity contribution in [2.24, 2.45) is 5.10 Å². The number of sulfonamides is 1. The van der Waals surface area contributed by atoms with Gasteiger partial charge in [-0.05, 0) is 30.7 Å². The average molecular weight is 405 g/mol. The Balaban J connectivity index is 1.83. The number of aromatic amines is 1. The number of methoxy groups -OCH3 is 1. The molecule has 0 saturated carbocycles. The lowest BCUT2D eigenvalue weighted by molar-refractivity contribution is 0.294. The van der Waals surface area contributed by atoms with Crippen LogP contribution in [0.25, 0.3) is 11.1 Å². The highest BCUT2D eigenvalue weighted by atomic mass is 32.2. The summed E-state index contributed by atoms with van der Waals surface area (Å²) in [7, 11) is -2.43. The molecule has 3 rings (SSSR count). The Morgan fingerprint density at radius 2 is 2.11 bits per heavy atom. The average Bonchev–Trinajstić information content (AvgIpc) is 3.05. The molecule has 1 heterocycles. The van der Waals surface area contributed by atoms with E-state index in [4.69, 9.17) is 13.9 Å². The first-order valence-corrected chi connectivity index (χ1v) is 9.90. The molecule has 28 heavy (non-hydrogen) atoms. The summed E-state index contributed by atoms with van der Waals surface area (Å²) in [5.41, 5.74) is 1.10. The molecular formula is C18H19N3O6S. The van der Waals surface area contributed by atoms with Gasteiger partial charge < -0.3 is 13.9 Å². The molecule has 2 N–H and O–H groups in total. The predicted molar refractivity (Wildman–Crippen MR) is 104 cm³/mol. The fourth-order valence-electron chi connectivity index (χ4n) is 2.46. The quantitative estimate of drug-likeness (QED) is 0.438. The molecule has 0 unspecified atom stereocenters. The largest absolute Gasteiger partial charge is 0.493 e. The summed E-state index contributed by atoms with van der Waals surface area (Å²) in [4.78, 5) is 15.7. The predicted octanol–water partition coefficient (Wildman–Crippen LogP) is 2.23. The minimum atomic E-state index is -3.95. The number of hydrazone groups is 1. The number of nitrogens with one attached hydrogen (secondary N) is 2. The van der Waals surface area contributed by atoms with Crippen LogP contribution in [-0.4, -0.2) is 33.3 Å². The lowest BCUT2D eigenvalue weighted by Crippen LogP contribution is -2.18. The van der Waals surface area contributed by atoms with E-state index in [1.165, 1.54) is 31.5 Å². The standard InChI is InChI=1S/C18H19N3O6S/c1-3-9-26-17-12(5-4-6-15(17)25-2)11-19-21-28(23,24)13-7-8-14-16(10-13)27-18(22)20-14/h4-8,10-11,21H,3,9H2,1-2H3,(H,20,22)/b19-11+. The van der Waals surface area contributed by atoms with Crippen LogP contribution in [0.5, 0.6) is 11.5 Å². The lowest BCUT2D eigenvalue weighted by atomic mass is 10.2. The van der Waals surface area contributed by atoms with Crippen LogP contribution in [0.3, 0.4) is 0 Å².